The zero-order valence-electron chi connectivity index (χ0n) is 20.5. The molecule has 0 amide bonds. The molecule has 0 atom stereocenters. The molecule has 0 aromatic heterocycles. The summed E-state index contributed by atoms with van der Waals surface area (Å²) in [4.78, 5) is 7.86. The number of hydrogen-bond acceptors (Lipinski definition) is 4. The molecule has 0 spiro atoms. The summed E-state index contributed by atoms with van der Waals surface area (Å²) < 4.78 is 53.8. The average molecular weight is 614 g/mol. The molecule has 0 saturated carbocycles. The van der Waals surface area contributed by atoms with Crippen molar-refractivity contribution >= 4 is 31.9 Å². The monoisotopic (exact) mass is 612 g/mol. The number of ether oxygens (including phenoxy) is 2. The quantitative estimate of drug-likeness (QED) is 0.176. The van der Waals surface area contributed by atoms with E-state index in [1.165, 1.54) is 38.5 Å². The summed E-state index contributed by atoms with van der Waals surface area (Å²) in [5, 5.41) is 0.271. The Morgan fingerprint density at radius 3 is 1.38 bits per heavy atom. The third kappa shape index (κ3) is 7.84. The number of alkyl halides is 3. The molecule has 0 N–H and O–H groups in total. The summed E-state index contributed by atoms with van der Waals surface area (Å²) in [6.07, 6.45) is 8.74. The molecule has 0 radical (unpaired) electrons. The van der Waals surface area contributed by atoms with Crippen LogP contribution in [-0.2, 0) is 0 Å². The van der Waals surface area contributed by atoms with Gasteiger partial charge in [-0.05, 0) is 51.6 Å². The van der Waals surface area contributed by atoms with Gasteiger partial charge in [0.05, 0.1) is 22.2 Å². The van der Waals surface area contributed by atoms with Gasteiger partial charge in [-0.2, -0.15) is 13.2 Å². The van der Waals surface area contributed by atoms with Crippen LogP contribution in [0.5, 0.6) is 11.5 Å². The van der Waals surface area contributed by atoms with E-state index in [2.05, 4.69) is 55.7 Å². The van der Waals surface area contributed by atoms with Gasteiger partial charge in [0.1, 0.15) is 10.7 Å². The molecular formula is C25H37Br2F3N2O2. The highest BCUT2D eigenvalue weighted by Crippen LogP contribution is 2.41. The lowest BCUT2D eigenvalue weighted by Crippen LogP contribution is -2.37. The van der Waals surface area contributed by atoms with Gasteiger partial charge in [-0.1, -0.05) is 78.1 Å². The van der Waals surface area contributed by atoms with Crippen molar-refractivity contribution in [1.82, 2.24) is 0 Å². The fourth-order valence-electron chi connectivity index (χ4n) is 3.78. The van der Waals surface area contributed by atoms with Crippen molar-refractivity contribution in [3.8, 4) is 11.5 Å². The number of halogens is 5. The lowest BCUT2D eigenvalue weighted by Gasteiger charge is -2.20. The highest BCUT2D eigenvalue weighted by molar-refractivity contribution is 9.11. The van der Waals surface area contributed by atoms with Crippen molar-refractivity contribution in [1.29, 1.82) is 0 Å². The molecule has 1 aromatic carbocycles. The molecule has 1 aliphatic heterocycles. The fourth-order valence-corrected chi connectivity index (χ4v) is 4.93. The highest BCUT2D eigenvalue weighted by Gasteiger charge is 2.53. The van der Waals surface area contributed by atoms with Crippen LogP contribution in [0.4, 0.5) is 13.2 Å². The lowest BCUT2D eigenvalue weighted by molar-refractivity contribution is -0.177. The molecule has 2 rings (SSSR count). The van der Waals surface area contributed by atoms with Gasteiger partial charge in [-0.3, -0.25) is 0 Å². The van der Waals surface area contributed by atoms with Crippen molar-refractivity contribution in [3.63, 3.8) is 0 Å². The smallest absolute Gasteiger partial charge is 0.433 e. The maximum atomic E-state index is 13.6. The Labute approximate surface area is 218 Å². The van der Waals surface area contributed by atoms with Crippen LogP contribution in [0.2, 0.25) is 0 Å². The van der Waals surface area contributed by atoms with Crippen LogP contribution in [0.15, 0.2) is 18.9 Å². The number of rotatable bonds is 16. The van der Waals surface area contributed by atoms with Crippen LogP contribution < -0.4 is 20.2 Å². The summed E-state index contributed by atoms with van der Waals surface area (Å²) in [5.41, 5.74) is -2.53. The van der Waals surface area contributed by atoms with Crippen molar-refractivity contribution < 1.29 is 22.6 Å². The van der Waals surface area contributed by atoms with E-state index in [1.807, 2.05) is 0 Å². The van der Waals surface area contributed by atoms with Crippen LogP contribution in [0, 0.1) is 0 Å². The molecule has 34 heavy (non-hydrogen) atoms. The Kier molecular flexibility index (Phi) is 12.1. The summed E-state index contributed by atoms with van der Waals surface area (Å²) in [6.45, 7) is 6.24. The molecule has 194 valence electrons. The Morgan fingerprint density at radius 1 is 0.676 bits per heavy atom. The molecule has 1 heterocycles. The van der Waals surface area contributed by atoms with Crippen molar-refractivity contribution in [3.05, 3.63) is 19.7 Å². The van der Waals surface area contributed by atoms with Crippen molar-refractivity contribution in [2.24, 2.45) is 9.98 Å². The first kappa shape index (κ1) is 29.4. The van der Waals surface area contributed by atoms with Crippen molar-refractivity contribution in [2.75, 3.05) is 13.2 Å². The zero-order chi connectivity index (χ0) is 25.2. The standard InChI is InChI=1S/C25H37Br2F3N2O2/c1-4-6-8-10-12-14-16-33-22-18(26)20-21(32-24(3,31-20)25(28,29)30)19(27)23(22)34-17-15-13-11-9-7-5-2/h4-17H2,1-3H3. The van der Waals surface area contributed by atoms with E-state index in [0.717, 1.165) is 45.4 Å². The SMILES string of the molecule is CCCCCCCCOc1c(OCCCCCCCC)c(Br)c2c(c1Br)=NC(C)(C(F)(F)F)N=2. The van der Waals surface area contributed by atoms with E-state index in [1.54, 1.807) is 0 Å². The summed E-state index contributed by atoms with van der Waals surface area (Å²) in [6, 6.07) is 0. The Bertz CT molecular complexity index is 844. The maximum absolute atomic E-state index is 13.6. The summed E-state index contributed by atoms with van der Waals surface area (Å²) in [7, 11) is 0. The van der Waals surface area contributed by atoms with Gasteiger partial charge in [0.15, 0.2) is 11.5 Å². The first-order chi connectivity index (χ1) is 16.2. The number of benzene rings is 1. The number of hydrogen-bond donors (Lipinski definition) is 0. The zero-order valence-corrected chi connectivity index (χ0v) is 23.7. The van der Waals surface area contributed by atoms with Crippen LogP contribution in [0.25, 0.3) is 0 Å². The molecule has 0 aliphatic carbocycles. The Morgan fingerprint density at radius 2 is 1.03 bits per heavy atom. The fraction of sp³-hybridized carbons (Fsp3) is 0.760. The normalized spacial score (nSPS) is 14.5. The van der Waals surface area contributed by atoms with E-state index < -0.39 is 11.8 Å². The van der Waals surface area contributed by atoms with Gasteiger partial charge >= 0.3 is 6.18 Å². The maximum Gasteiger partial charge on any atom is 0.433 e. The summed E-state index contributed by atoms with van der Waals surface area (Å²) in [5.74, 6) is 0.770. The largest absolute Gasteiger partial charge is 0.488 e. The second-order valence-corrected chi connectivity index (χ2v) is 10.5. The van der Waals surface area contributed by atoms with Gasteiger partial charge in [0, 0.05) is 0 Å². The van der Waals surface area contributed by atoms with Gasteiger partial charge < -0.3 is 9.47 Å². The predicted molar refractivity (Wildman–Crippen MR) is 136 cm³/mol. The van der Waals surface area contributed by atoms with E-state index >= 15 is 0 Å². The molecule has 0 bridgehead atoms. The Balaban J connectivity index is 2.21. The van der Waals surface area contributed by atoms with Gasteiger partial charge in [0.25, 0.3) is 0 Å². The van der Waals surface area contributed by atoms with Crippen molar-refractivity contribution in [2.45, 2.75) is 110 Å². The minimum Gasteiger partial charge on any atom is -0.488 e. The van der Waals surface area contributed by atoms with Crippen LogP contribution in [0.1, 0.15) is 97.8 Å². The second kappa shape index (κ2) is 14.0. The highest BCUT2D eigenvalue weighted by atomic mass is 79.9. The molecule has 1 aromatic rings. The minimum atomic E-state index is -4.61. The second-order valence-electron chi connectivity index (χ2n) is 8.96. The topological polar surface area (TPSA) is 43.2 Å². The molecule has 0 saturated heterocycles. The molecular weight excluding hydrogens is 577 g/mol. The number of unbranched alkanes of at least 4 members (excludes halogenated alkanes) is 10. The summed E-state index contributed by atoms with van der Waals surface area (Å²) >= 11 is 6.89. The predicted octanol–water partition coefficient (Wildman–Crippen LogP) is 8.22. The van der Waals surface area contributed by atoms with Crippen LogP contribution >= 0.6 is 31.9 Å². The third-order valence-corrected chi connectivity index (χ3v) is 7.40. The molecule has 1 aliphatic rings. The van der Waals surface area contributed by atoms with Gasteiger partial charge in [-0.25, -0.2) is 9.98 Å². The van der Waals surface area contributed by atoms with E-state index in [4.69, 9.17) is 9.47 Å². The third-order valence-electron chi connectivity index (χ3n) is 5.93. The molecule has 0 unspecified atom stereocenters. The Hall–Kier alpha value is -0.830. The molecule has 0 fully saturated rings. The van der Waals surface area contributed by atoms with Crippen LogP contribution in [0.3, 0.4) is 0 Å². The van der Waals surface area contributed by atoms with Crippen LogP contribution in [-0.4, -0.2) is 25.1 Å². The first-order valence-electron chi connectivity index (χ1n) is 12.5. The minimum absolute atomic E-state index is 0.136. The molecule has 9 heteroatoms. The number of nitrogens with zero attached hydrogens (tertiary/aromatic N) is 2. The molecule has 4 nitrogen and oxygen atoms in total. The first-order valence-corrected chi connectivity index (χ1v) is 14.1. The van der Waals surface area contributed by atoms with Gasteiger partial charge in [-0.15, -0.1) is 0 Å². The van der Waals surface area contributed by atoms with E-state index in [-0.39, 0.29) is 10.7 Å². The lowest BCUT2D eigenvalue weighted by atomic mass is 10.1. The van der Waals surface area contributed by atoms with Gasteiger partial charge in [0.2, 0.25) is 5.66 Å². The number of fused-ring (bicyclic) bond motifs is 1. The average Bonchev–Trinajstić information content (AvgIpc) is 3.16. The van der Waals surface area contributed by atoms with E-state index in [0.29, 0.717) is 33.7 Å². The van der Waals surface area contributed by atoms with E-state index in [9.17, 15) is 13.2 Å².